The van der Waals surface area contributed by atoms with E-state index in [0.717, 1.165) is 5.56 Å². The molecular weight excluding hydrogens is 266 g/mol. The van der Waals surface area contributed by atoms with Gasteiger partial charge in [0.2, 0.25) is 11.8 Å². The smallest absolute Gasteiger partial charge is 0.245 e. The number of rotatable bonds is 2. The Hall–Kier alpha value is -1.69. The SMILES string of the molecule is Cc1ccc(S(=O)(=O)C2CC(C)C(=O)NC2=O)cc1. The standard InChI is InChI=1S/C13H15NO4S/c1-8-3-5-10(6-4-8)19(17,18)11-7-9(2)12(15)14-13(11)16/h3-6,9,11H,7H2,1-2H3,(H,14,15,16). The van der Waals surface area contributed by atoms with Gasteiger partial charge < -0.3 is 0 Å². The third kappa shape index (κ3) is 2.53. The van der Waals surface area contributed by atoms with Crippen molar-refractivity contribution in [3.05, 3.63) is 29.8 Å². The first kappa shape index (κ1) is 13.7. The summed E-state index contributed by atoms with van der Waals surface area (Å²) in [6.07, 6.45) is 0.0286. The van der Waals surface area contributed by atoms with Gasteiger partial charge in [-0.2, -0.15) is 0 Å². The van der Waals surface area contributed by atoms with E-state index in [9.17, 15) is 18.0 Å². The van der Waals surface area contributed by atoms with Crippen molar-refractivity contribution in [2.75, 3.05) is 0 Å². The molecule has 19 heavy (non-hydrogen) atoms. The van der Waals surface area contributed by atoms with Crippen molar-refractivity contribution < 1.29 is 18.0 Å². The van der Waals surface area contributed by atoms with Crippen LogP contribution in [0.5, 0.6) is 0 Å². The molecule has 0 aromatic heterocycles. The second-order valence-corrected chi connectivity index (χ2v) is 6.97. The van der Waals surface area contributed by atoms with Crippen molar-refractivity contribution >= 4 is 21.7 Å². The largest absolute Gasteiger partial charge is 0.295 e. The van der Waals surface area contributed by atoms with Gasteiger partial charge in [0.1, 0.15) is 5.25 Å². The van der Waals surface area contributed by atoms with E-state index in [2.05, 4.69) is 5.32 Å². The van der Waals surface area contributed by atoms with Crippen molar-refractivity contribution in [2.45, 2.75) is 30.4 Å². The molecule has 2 unspecified atom stereocenters. The predicted octanol–water partition coefficient (Wildman–Crippen LogP) is 0.820. The highest BCUT2D eigenvalue weighted by molar-refractivity contribution is 7.92. The molecule has 1 saturated heterocycles. The second kappa shape index (κ2) is 4.77. The maximum Gasteiger partial charge on any atom is 0.245 e. The lowest BCUT2D eigenvalue weighted by Gasteiger charge is -2.25. The van der Waals surface area contributed by atoms with Gasteiger partial charge in [0.25, 0.3) is 0 Å². The van der Waals surface area contributed by atoms with E-state index in [1.165, 1.54) is 12.1 Å². The fourth-order valence-electron chi connectivity index (χ4n) is 2.02. The summed E-state index contributed by atoms with van der Waals surface area (Å²) >= 11 is 0. The number of nitrogens with one attached hydrogen (secondary N) is 1. The fraction of sp³-hybridized carbons (Fsp3) is 0.385. The first-order chi connectivity index (χ1) is 8.82. The summed E-state index contributed by atoms with van der Waals surface area (Å²) in [6, 6.07) is 6.34. The van der Waals surface area contributed by atoms with Crippen LogP contribution in [0.25, 0.3) is 0 Å². The minimum Gasteiger partial charge on any atom is -0.295 e. The van der Waals surface area contributed by atoms with E-state index < -0.39 is 32.8 Å². The molecule has 0 radical (unpaired) electrons. The van der Waals surface area contributed by atoms with Crippen LogP contribution < -0.4 is 5.32 Å². The highest BCUT2D eigenvalue weighted by Gasteiger charge is 2.41. The van der Waals surface area contributed by atoms with Gasteiger partial charge in [-0.1, -0.05) is 24.6 Å². The minimum absolute atomic E-state index is 0.0286. The van der Waals surface area contributed by atoms with Gasteiger partial charge in [-0.3, -0.25) is 14.9 Å². The molecule has 1 aromatic rings. The van der Waals surface area contributed by atoms with E-state index in [1.54, 1.807) is 19.1 Å². The Morgan fingerprint density at radius 1 is 1.11 bits per heavy atom. The zero-order valence-corrected chi connectivity index (χ0v) is 11.5. The van der Waals surface area contributed by atoms with Gasteiger partial charge in [-0.25, -0.2) is 8.42 Å². The van der Waals surface area contributed by atoms with Gasteiger partial charge >= 0.3 is 0 Å². The van der Waals surface area contributed by atoms with E-state index in [-0.39, 0.29) is 11.3 Å². The van der Waals surface area contributed by atoms with Crippen LogP contribution in [0.3, 0.4) is 0 Å². The highest BCUT2D eigenvalue weighted by Crippen LogP contribution is 2.24. The summed E-state index contributed by atoms with van der Waals surface area (Å²) in [4.78, 5) is 23.2. The molecule has 6 heteroatoms. The van der Waals surface area contributed by atoms with Gasteiger partial charge in [0.15, 0.2) is 9.84 Å². The molecule has 1 aliphatic heterocycles. The van der Waals surface area contributed by atoms with E-state index in [0.29, 0.717) is 0 Å². The Balaban J connectivity index is 2.37. The first-order valence-corrected chi connectivity index (χ1v) is 7.52. The van der Waals surface area contributed by atoms with Crippen molar-refractivity contribution in [1.82, 2.24) is 5.32 Å². The average molecular weight is 281 g/mol. The summed E-state index contributed by atoms with van der Waals surface area (Å²) in [5.74, 6) is -1.63. The van der Waals surface area contributed by atoms with Crippen molar-refractivity contribution in [3.63, 3.8) is 0 Å². The summed E-state index contributed by atoms with van der Waals surface area (Å²) in [7, 11) is -3.75. The van der Waals surface area contributed by atoms with Crippen molar-refractivity contribution in [2.24, 2.45) is 5.92 Å². The van der Waals surface area contributed by atoms with Crippen LogP contribution in [0.1, 0.15) is 18.9 Å². The lowest BCUT2D eigenvalue weighted by atomic mass is 10.0. The van der Waals surface area contributed by atoms with E-state index in [4.69, 9.17) is 0 Å². The third-order valence-electron chi connectivity index (χ3n) is 3.28. The molecule has 0 bridgehead atoms. The van der Waals surface area contributed by atoms with Gasteiger partial charge in [-0.05, 0) is 25.5 Å². The number of carbonyl (C=O) groups excluding carboxylic acids is 2. The number of amides is 2. The molecule has 5 nitrogen and oxygen atoms in total. The van der Waals surface area contributed by atoms with E-state index in [1.807, 2.05) is 6.92 Å². The van der Waals surface area contributed by atoms with Gasteiger partial charge in [0.05, 0.1) is 4.90 Å². The monoisotopic (exact) mass is 281 g/mol. The Kier molecular flexibility index (Phi) is 3.45. The lowest BCUT2D eigenvalue weighted by Crippen LogP contribution is -2.51. The minimum atomic E-state index is -3.75. The maximum atomic E-state index is 12.4. The molecule has 0 aliphatic carbocycles. The molecule has 1 fully saturated rings. The van der Waals surface area contributed by atoms with Crippen LogP contribution in [0.15, 0.2) is 29.2 Å². The van der Waals surface area contributed by atoms with Crippen molar-refractivity contribution in [3.8, 4) is 0 Å². The Morgan fingerprint density at radius 2 is 1.68 bits per heavy atom. The zero-order chi connectivity index (χ0) is 14.2. The number of sulfone groups is 1. The normalized spacial score (nSPS) is 24.1. The molecule has 0 saturated carbocycles. The zero-order valence-electron chi connectivity index (χ0n) is 10.7. The third-order valence-corrected chi connectivity index (χ3v) is 5.36. The molecule has 0 spiro atoms. The molecule has 1 heterocycles. The second-order valence-electron chi connectivity index (χ2n) is 4.84. The van der Waals surface area contributed by atoms with Gasteiger partial charge in [0, 0.05) is 5.92 Å². The number of imide groups is 1. The number of carbonyl (C=O) groups is 2. The molecule has 2 atom stereocenters. The van der Waals surface area contributed by atoms with E-state index >= 15 is 0 Å². The average Bonchev–Trinajstić information content (AvgIpc) is 2.34. The Morgan fingerprint density at radius 3 is 2.26 bits per heavy atom. The predicted molar refractivity (Wildman–Crippen MR) is 69.1 cm³/mol. The number of hydrogen-bond acceptors (Lipinski definition) is 4. The first-order valence-electron chi connectivity index (χ1n) is 5.97. The molecular formula is C13H15NO4S. The van der Waals surface area contributed by atoms with Crippen molar-refractivity contribution in [1.29, 1.82) is 0 Å². The Bertz CT molecular complexity index is 619. The number of benzene rings is 1. The summed E-state index contributed by atoms with van der Waals surface area (Å²) in [6.45, 7) is 3.46. The molecule has 2 rings (SSSR count). The van der Waals surface area contributed by atoms with Crippen LogP contribution in [0.4, 0.5) is 0 Å². The van der Waals surface area contributed by atoms with Crippen LogP contribution >= 0.6 is 0 Å². The van der Waals surface area contributed by atoms with Crippen LogP contribution in [-0.2, 0) is 19.4 Å². The molecule has 2 amide bonds. The summed E-state index contributed by atoms with van der Waals surface area (Å²) in [5, 5.41) is 0.918. The van der Waals surface area contributed by atoms with Crippen LogP contribution in [0.2, 0.25) is 0 Å². The maximum absolute atomic E-state index is 12.4. The molecule has 102 valence electrons. The highest BCUT2D eigenvalue weighted by atomic mass is 32.2. The number of piperidine rings is 1. The molecule has 1 N–H and O–H groups in total. The quantitative estimate of drug-likeness (QED) is 0.814. The van der Waals surface area contributed by atoms with Crippen LogP contribution in [0, 0.1) is 12.8 Å². The fourth-order valence-corrected chi connectivity index (χ4v) is 3.75. The number of aryl methyl sites for hydroxylation is 1. The van der Waals surface area contributed by atoms with Crippen LogP contribution in [-0.4, -0.2) is 25.5 Å². The Labute approximate surface area is 111 Å². The number of hydrogen-bond donors (Lipinski definition) is 1. The summed E-state index contributed by atoms with van der Waals surface area (Å²) < 4.78 is 24.8. The molecule has 1 aliphatic rings. The van der Waals surface area contributed by atoms with Gasteiger partial charge in [-0.15, -0.1) is 0 Å². The lowest BCUT2D eigenvalue weighted by molar-refractivity contribution is -0.135. The topological polar surface area (TPSA) is 80.3 Å². The summed E-state index contributed by atoms with van der Waals surface area (Å²) in [5.41, 5.74) is 0.940. The molecule has 1 aromatic carbocycles.